The molecule has 1 aromatic carbocycles. The van der Waals surface area contributed by atoms with Crippen molar-refractivity contribution in [3.05, 3.63) is 83.8 Å². The minimum atomic E-state index is -0.160. The lowest BCUT2D eigenvalue weighted by molar-refractivity contribution is 0.0950. The van der Waals surface area contributed by atoms with Crippen molar-refractivity contribution in [2.75, 3.05) is 12.4 Å². The first kappa shape index (κ1) is 17.4. The van der Waals surface area contributed by atoms with Crippen LogP contribution in [0.25, 0.3) is 0 Å². The van der Waals surface area contributed by atoms with Crippen LogP contribution >= 0.6 is 0 Å². The van der Waals surface area contributed by atoms with Crippen molar-refractivity contribution >= 4 is 11.7 Å². The van der Waals surface area contributed by atoms with E-state index in [-0.39, 0.29) is 5.91 Å². The quantitative estimate of drug-likeness (QED) is 0.686. The second kappa shape index (κ2) is 8.62. The van der Waals surface area contributed by atoms with E-state index in [9.17, 15) is 4.79 Å². The van der Waals surface area contributed by atoms with E-state index in [0.717, 1.165) is 16.9 Å². The third-order valence-corrected chi connectivity index (χ3v) is 3.83. The van der Waals surface area contributed by atoms with Crippen LogP contribution < -0.4 is 15.4 Å². The zero-order valence-electron chi connectivity index (χ0n) is 14.5. The van der Waals surface area contributed by atoms with Gasteiger partial charge < -0.3 is 15.4 Å². The number of ether oxygens (including phenoxy) is 1. The van der Waals surface area contributed by atoms with Gasteiger partial charge in [0.1, 0.15) is 11.6 Å². The Balaban J connectivity index is 1.51. The number of methoxy groups -OCH3 is 1. The maximum Gasteiger partial charge on any atom is 0.253 e. The maximum atomic E-state index is 12.2. The fraction of sp³-hybridized carbons (Fsp3) is 0.150. The lowest BCUT2D eigenvalue weighted by Crippen LogP contribution is -2.22. The minimum Gasteiger partial charge on any atom is -0.497 e. The predicted octanol–water partition coefficient (Wildman–Crippen LogP) is 3.03. The number of anilines is 1. The van der Waals surface area contributed by atoms with Gasteiger partial charge in [0.05, 0.1) is 12.7 Å². The van der Waals surface area contributed by atoms with Gasteiger partial charge >= 0.3 is 0 Å². The second-order valence-electron chi connectivity index (χ2n) is 5.68. The first-order valence-corrected chi connectivity index (χ1v) is 8.24. The topological polar surface area (TPSA) is 76.1 Å². The highest BCUT2D eigenvalue weighted by Crippen LogP contribution is 2.11. The van der Waals surface area contributed by atoms with E-state index in [1.54, 1.807) is 37.8 Å². The van der Waals surface area contributed by atoms with Crippen LogP contribution in [-0.2, 0) is 13.1 Å². The molecule has 1 amide bonds. The van der Waals surface area contributed by atoms with E-state index in [0.29, 0.717) is 24.5 Å². The van der Waals surface area contributed by atoms with Gasteiger partial charge in [-0.1, -0.05) is 18.2 Å². The number of hydrogen-bond acceptors (Lipinski definition) is 5. The summed E-state index contributed by atoms with van der Waals surface area (Å²) in [6.45, 7) is 1.08. The van der Waals surface area contributed by atoms with E-state index in [1.807, 2.05) is 36.4 Å². The van der Waals surface area contributed by atoms with E-state index in [1.165, 1.54) is 0 Å². The third-order valence-electron chi connectivity index (χ3n) is 3.83. The summed E-state index contributed by atoms with van der Waals surface area (Å²) in [5, 5.41) is 6.08. The van der Waals surface area contributed by atoms with Gasteiger partial charge in [0.25, 0.3) is 5.91 Å². The van der Waals surface area contributed by atoms with Crippen molar-refractivity contribution in [2.45, 2.75) is 13.1 Å². The summed E-state index contributed by atoms with van der Waals surface area (Å²) in [6, 6.07) is 15.0. The summed E-state index contributed by atoms with van der Waals surface area (Å²) < 4.78 is 5.12. The van der Waals surface area contributed by atoms with Crippen LogP contribution in [0.15, 0.2) is 67.1 Å². The number of benzene rings is 1. The molecule has 0 saturated carbocycles. The second-order valence-corrected chi connectivity index (χ2v) is 5.68. The predicted molar refractivity (Wildman–Crippen MR) is 100.0 cm³/mol. The molecule has 0 atom stereocenters. The molecule has 132 valence electrons. The molecule has 2 aromatic heterocycles. The van der Waals surface area contributed by atoms with Gasteiger partial charge in [0.2, 0.25) is 0 Å². The Kier molecular flexibility index (Phi) is 5.77. The summed E-state index contributed by atoms with van der Waals surface area (Å²) in [7, 11) is 1.62. The van der Waals surface area contributed by atoms with Crippen LogP contribution in [0.4, 0.5) is 5.82 Å². The lowest BCUT2D eigenvalue weighted by Gasteiger charge is -2.08. The summed E-state index contributed by atoms with van der Waals surface area (Å²) in [6.07, 6.45) is 5.10. The molecule has 0 spiro atoms. The standard InChI is InChI=1S/C20H20N4O2/c1-26-18-7-4-15(5-8-18)12-24-20(25)17-6-9-19(23-14-17)22-13-16-3-2-10-21-11-16/h2-11,14H,12-13H2,1H3,(H,22,23)(H,24,25). The Morgan fingerprint density at radius 1 is 1.00 bits per heavy atom. The zero-order chi connectivity index (χ0) is 18.2. The SMILES string of the molecule is COc1ccc(CNC(=O)c2ccc(NCc3cccnc3)nc2)cc1. The number of hydrogen-bond donors (Lipinski definition) is 2. The number of pyridine rings is 2. The molecule has 0 saturated heterocycles. The summed E-state index contributed by atoms with van der Waals surface area (Å²) in [4.78, 5) is 20.6. The van der Waals surface area contributed by atoms with Gasteiger partial charge in [-0.15, -0.1) is 0 Å². The lowest BCUT2D eigenvalue weighted by atomic mass is 10.2. The van der Waals surface area contributed by atoms with E-state index in [2.05, 4.69) is 20.6 Å². The Morgan fingerprint density at radius 3 is 2.50 bits per heavy atom. The van der Waals surface area contributed by atoms with E-state index >= 15 is 0 Å². The molecule has 3 aromatic rings. The van der Waals surface area contributed by atoms with Crippen LogP contribution in [0.5, 0.6) is 5.75 Å². The molecule has 3 rings (SSSR count). The highest BCUT2D eigenvalue weighted by atomic mass is 16.5. The molecule has 0 unspecified atom stereocenters. The Bertz CT molecular complexity index is 834. The molecule has 2 heterocycles. The van der Waals surface area contributed by atoms with Crippen LogP contribution in [-0.4, -0.2) is 23.0 Å². The number of nitrogens with one attached hydrogen (secondary N) is 2. The fourth-order valence-corrected chi connectivity index (χ4v) is 2.36. The van der Waals surface area contributed by atoms with Crippen molar-refractivity contribution in [2.24, 2.45) is 0 Å². The molecule has 6 heteroatoms. The van der Waals surface area contributed by atoms with Crippen LogP contribution in [0.2, 0.25) is 0 Å². The van der Waals surface area contributed by atoms with Crippen molar-refractivity contribution in [3.63, 3.8) is 0 Å². The molecule has 2 N–H and O–H groups in total. The van der Waals surface area contributed by atoms with Crippen molar-refractivity contribution in [3.8, 4) is 5.75 Å². The largest absolute Gasteiger partial charge is 0.497 e. The summed E-state index contributed by atoms with van der Waals surface area (Å²) >= 11 is 0. The first-order valence-electron chi connectivity index (χ1n) is 8.24. The highest BCUT2D eigenvalue weighted by molar-refractivity contribution is 5.94. The molecule has 0 aliphatic heterocycles. The normalized spacial score (nSPS) is 10.2. The molecular formula is C20H20N4O2. The fourth-order valence-electron chi connectivity index (χ4n) is 2.36. The molecule has 26 heavy (non-hydrogen) atoms. The number of carbonyl (C=O) groups excluding carboxylic acids is 1. The monoisotopic (exact) mass is 348 g/mol. The Hall–Kier alpha value is -3.41. The minimum absolute atomic E-state index is 0.160. The first-order chi connectivity index (χ1) is 12.7. The summed E-state index contributed by atoms with van der Waals surface area (Å²) in [5.74, 6) is 1.34. The Morgan fingerprint density at radius 2 is 1.85 bits per heavy atom. The van der Waals surface area contributed by atoms with Crippen molar-refractivity contribution in [1.29, 1.82) is 0 Å². The maximum absolute atomic E-state index is 12.2. The molecular weight excluding hydrogens is 328 g/mol. The number of nitrogens with zero attached hydrogens (tertiary/aromatic N) is 2. The smallest absolute Gasteiger partial charge is 0.253 e. The highest BCUT2D eigenvalue weighted by Gasteiger charge is 2.06. The number of aromatic nitrogens is 2. The molecule has 0 aliphatic rings. The molecule has 0 bridgehead atoms. The average molecular weight is 348 g/mol. The average Bonchev–Trinajstić information content (AvgIpc) is 2.72. The van der Waals surface area contributed by atoms with Gasteiger partial charge in [-0.25, -0.2) is 4.98 Å². The van der Waals surface area contributed by atoms with Crippen LogP contribution in [0.1, 0.15) is 21.5 Å². The van der Waals surface area contributed by atoms with Gasteiger partial charge in [0, 0.05) is 31.7 Å². The molecule has 0 aliphatic carbocycles. The van der Waals surface area contributed by atoms with E-state index < -0.39 is 0 Å². The zero-order valence-corrected chi connectivity index (χ0v) is 14.5. The van der Waals surface area contributed by atoms with Crippen LogP contribution in [0, 0.1) is 0 Å². The molecule has 0 fully saturated rings. The van der Waals surface area contributed by atoms with Gasteiger partial charge in [0.15, 0.2) is 0 Å². The van der Waals surface area contributed by atoms with Gasteiger partial charge in [-0.2, -0.15) is 0 Å². The van der Waals surface area contributed by atoms with E-state index in [4.69, 9.17) is 4.74 Å². The number of carbonyl (C=O) groups is 1. The number of rotatable bonds is 7. The van der Waals surface area contributed by atoms with Crippen molar-refractivity contribution in [1.82, 2.24) is 15.3 Å². The molecule has 6 nitrogen and oxygen atoms in total. The van der Waals surface area contributed by atoms with Gasteiger partial charge in [-0.3, -0.25) is 9.78 Å². The van der Waals surface area contributed by atoms with Crippen LogP contribution in [0.3, 0.4) is 0 Å². The third kappa shape index (κ3) is 4.80. The Labute approximate surface area is 152 Å². The summed E-state index contributed by atoms with van der Waals surface area (Å²) in [5.41, 5.74) is 2.59. The van der Waals surface area contributed by atoms with Crippen molar-refractivity contribution < 1.29 is 9.53 Å². The molecule has 0 radical (unpaired) electrons. The number of amides is 1. The van der Waals surface area contributed by atoms with Gasteiger partial charge in [-0.05, 0) is 41.5 Å².